The van der Waals surface area contributed by atoms with Crippen LogP contribution in [0.5, 0.6) is 0 Å². The van der Waals surface area contributed by atoms with Gasteiger partial charge in [0.1, 0.15) is 7.05 Å². The number of allylic oxidation sites excluding steroid dienone is 3. The van der Waals surface area contributed by atoms with Gasteiger partial charge in [0.15, 0.2) is 12.4 Å². The second-order valence-electron chi connectivity index (χ2n) is 4.51. The van der Waals surface area contributed by atoms with Crippen LogP contribution >= 0.6 is 0 Å². The number of aromatic nitrogens is 1. The van der Waals surface area contributed by atoms with Crippen LogP contribution in [-0.4, -0.2) is 18.3 Å². The third kappa shape index (κ3) is 3.55. The highest BCUT2D eigenvalue weighted by molar-refractivity contribution is 5.78. The van der Waals surface area contributed by atoms with Crippen molar-refractivity contribution in [2.75, 3.05) is 7.05 Å². The van der Waals surface area contributed by atoms with E-state index in [1.165, 1.54) is 5.70 Å². The van der Waals surface area contributed by atoms with Gasteiger partial charge in [-0.05, 0) is 12.8 Å². The first-order valence-corrected chi connectivity index (χ1v) is 6.33. The Balaban J connectivity index is 2.01. The Morgan fingerprint density at radius 3 is 2.78 bits per heavy atom. The van der Waals surface area contributed by atoms with Gasteiger partial charge in [-0.1, -0.05) is 18.2 Å². The standard InChI is InChI=1S/C15H20N3/c1-17-11-9-14(10-12-17)13-16-18(2)15-7-5-3-4-6-8-15/h3,5,8-13H,4,6-7H2,1-2H3/q+1. The molecule has 2 rings (SSSR count). The summed E-state index contributed by atoms with van der Waals surface area (Å²) in [6, 6.07) is 4.11. The van der Waals surface area contributed by atoms with Gasteiger partial charge in [-0.2, -0.15) is 5.10 Å². The molecule has 0 aliphatic heterocycles. The van der Waals surface area contributed by atoms with E-state index in [1.54, 1.807) is 0 Å². The number of hydrogen-bond donors (Lipinski definition) is 0. The summed E-state index contributed by atoms with van der Waals surface area (Å²) in [5, 5.41) is 6.45. The fourth-order valence-electron chi connectivity index (χ4n) is 1.84. The summed E-state index contributed by atoms with van der Waals surface area (Å²) in [6.45, 7) is 0. The van der Waals surface area contributed by atoms with E-state index in [0.717, 1.165) is 24.8 Å². The van der Waals surface area contributed by atoms with E-state index < -0.39 is 0 Å². The largest absolute Gasteiger partial charge is 0.273 e. The first kappa shape index (κ1) is 12.6. The molecule has 18 heavy (non-hydrogen) atoms. The van der Waals surface area contributed by atoms with Gasteiger partial charge in [-0.25, -0.2) is 4.57 Å². The van der Waals surface area contributed by atoms with Crippen molar-refractivity contribution < 1.29 is 4.57 Å². The lowest BCUT2D eigenvalue weighted by atomic mass is 10.3. The highest BCUT2D eigenvalue weighted by atomic mass is 15.4. The van der Waals surface area contributed by atoms with Crippen LogP contribution in [0.3, 0.4) is 0 Å². The summed E-state index contributed by atoms with van der Waals surface area (Å²) >= 11 is 0. The Morgan fingerprint density at radius 1 is 1.22 bits per heavy atom. The van der Waals surface area contributed by atoms with Crippen LogP contribution in [-0.2, 0) is 7.05 Å². The first-order valence-electron chi connectivity index (χ1n) is 6.33. The molecule has 0 radical (unpaired) electrons. The molecule has 0 N–H and O–H groups in total. The quantitative estimate of drug-likeness (QED) is 0.345. The normalized spacial score (nSPS) is 15.6. The topological polar surface area (TPSA) is 19.5 Å². The van der Waals surface area contributed by atoms with Crippen LogP contribution in [0.25, 0.3) is 0 Å². The van der Waals surface area contributed by atoms with E-state index in [1.807, 2.05) is 42.3 Å². The zero-order chi connectivity index (χ0) is 12.8. The zero-order valence-corrected chi connectivity index (χ0v) is 11.1. The van der Waals surface area contributed by atoms with Crippen LogP contribution in [0.1, 0.15) is 24.8 Å². The van der Waals surface area contributed by atoms with Crippen LogP contribution in [0, 0.1) is 0 Å². The molecule has 0 atom stereocenters. The van der Waals surface area contributed by atoms with E-state index in [-0.39, 0.29) is 0 Å². The van der Waals surface area contributed by atoms with E-state index >= 15 is 0 Å². The maximum atomic E-state index is 4.49. The van der Waals surface area contributed by atoms with Gasteiger partial charge >= 0.3 is 0 Å². The molecular formula is C15H20N3+. The lowest BCUT2D eigenvalue weighted by molar-refractivity contribution is -0.671. The SMILES string of the molecule is CN(/N=C/c1cc[n+](C)cc1)C1=CCCC=CC1. The van der Waals surface area contributed by atoms with Gasteiger partial charge in [0.2, 0.25) is 0 Å². The number of nitrogens with zero attached hydrogens (tertiary/aromatic N) is 3. The van der Waals surface area contributed by atoms with E-state index in [4.69, 9.17) is 0 Å². The lowest BCUT2D eigenvalue weighted by Crippen LogP contribution is -2.25. The van der Waals surface area contributed by atoms with E-state index in [0.29, 0.717) is 0 Å². The molecule has 0 bridgehead atoms. The molecule has 0 amide bonds. The van der Waals surface area contributed by atoms with Gasteiger partial charge in [-0.3, -0.25) is 5.01 Å². The highest BCUT2D eigenvalue weighted by Gasteiger charge is 2.02. The molecule has 1 aromatic heterocycles. The molecule has 1 aromatic rings. The highest BCUT2D eigenvalue weighted by Crippen LogP contribution is 2.14. The molecule has 1 heterocycles. The van der Waals surface area contributed by atoms with Crippen molar-refractivity contribution in [1.82, 2.24) is 5.01 Å². The van der Waals surface area contributed by atoms with Gasteiger partial charge in [0, 0.05) is 36.9 Å². The average molecular weight is 242 g/mol. The molecule has 1 aliphatic rings. The Labute approximate surface area is 109 Å². The monoisotopic (exact) mass is 242 g/mol. The number of rotatable bonds is 3. The third-order valence-corrected chi connectivity index (χ3v) is 3.01. The summed E-state index contributed by atoms with van der Waals surface area (Å²) in [4.78, 5) is 0. The number of pyridine rings is 1. The number of aryl methyl sites for hydroxylation is 1. The van der Waals surface area contributed by atoms with Gasteiger partial charge < -0.3 is 0 Å². The van der Waals surface area contributed by atoms with Crippen LogP contribution < -0.4 is 4.57 Å². The van der Waals surface area contributed by atoms with Gasteiger partial charge in [0.05, 0.1) is 6.21 Å². The molecule has 3 nitrogen and oxygen atoms in total. The smallest absolute Gasteiger partial charge is 0.169 e. The second-order valence-corrected chi connectivity index (χ2v) is 4.51. The maximum absolute atomic E-state index is 4.49. The van der Waals surface area contributed by atoms with Crippen LogP contribution in [0.15, 0.2) is 53.6 Å². The lowest BCUT2D eigenvalue weighted by Gasteiger charge is -2.15. The molecule has 0 aromatic carbocycles. The minimum absolute atomic E-state index is 0.970. The predicted molar refractivity (Wildman–Crippen MR) is 74.0 cm³/mol. The molecule has 1 aliphatic carbocycles. The molecule has 0 saturated heterocycles. The Bertz CT molecular complexity index is 469. The zero-order valence-electron chi connectivity index (χ0n) is 11.1. The van der Waals surface area contributed by atoms with Crippen molar-refractivity contribution in [1.29, 1.82) is 0 Å². The van der Waals surface area contributed by atoms with Crippen molar-refractivity contribution in [3.63, 3.8) is 0 Å². The average Bonchev–Trinajstić information content (AvgIpc) is 2.66. The van der Waals surface area contributed by atoms with Gasteiger partial charge in [-0.15, -0.1) is 0 Å². The van der Waals surface area contributed by atoms with Crippen LogP contribution in [0.4, 0.5) is 0 Å². The van der Waals surface area contributed by atoms with E-state index in [9.17, 15) is 0 Å². The molecule has 0 spiro atoms. The summed E-state index contributed by atoms with van der Waals surface area (Å²) in [5.74, 6) is 0. The molecule has 94 valence electrons. The van der Waals surface area contributed by atoms with Crippen molar-refractivity contribution >= 4 is 6.21 Å². The second kappa shape index (κ2) is 6.15. The Morgan fingerprint density at radius 2 is 2.00 bits per heavy atom. The fourth-order valence-corrected chi connectivity index (χ4v) is 1.84. The van der Waals surface area contributed by atoms with E-state index in [2.05, 4.69) is 35.5 Å². The summed E-state index contributed by atoms with van der Waals surface area (Å²) < 4.78 is 2.01. The number of hydrogen-bond acceptors (Lipinski definition) is 2. The fraction of sp³-hybridized carbons (Fsp3) is 0.333. The van der Waals surface area contributed by atoms with Crippen molar-refractivity contribution in [2.24, 2.45) is 12.1 Å². The first-order chi connectivity index (χ1) is 8.75. The van der Waals surface area contributed by atoms with Crippen LogP contribution in [0.2, 0.25) is 0 Å². The Hall–Kier alpha value is -1.90. The molecule has 0 unspecified atom stereocenters. The number of hydrazone groups is 1. The van der Waals surface area contributed by atoms with Crippen molar-refractivity contribution in [3.8, 4) is 0 Å². The molecule has 0 saturated carbocycles. The maximum Gasteiger partial charge on any atom is 0.169 e. The minimum atomic E-state index is 0.970. The minimum Gasteiger partial charge on any atom is -0.273 e. The predicted octanol–water partition coefficient (Wildman–Crippen LogP) is 2.40. The summed E-state index contributed by atoms with van der Waals surface area (Å²) in [7, 11) is 4.01. The third-order valence-electron chi connectivity index (χ3n) is 3.01. The molecular weight excluding hydrogens is 222 g/mol. The molecule has 0 fully saturated rings. The summed E-state index contributed by atoms with van der Waals surface area (Å²) in [6.07, 6.45) is 15.9. The van der Waals surface area contributed by atoms with Gasteiger partial charge in [0.25, 0.3) is 0 Å². The van der Waals surface area contributed by atoms with Crippen molar-refractivity contribution in [3.05, 3.63) is 54.0 Å². The van der Waals surface area contributed by atoms with Crippen molar-refractivity contribution in [2.45, 2.75) is 19.3 Å². The molecule has 3 heteroatoms. The summed E-state index contributed by atoms with van der Waals surface area (Å²) in [5.41, 5.74) is 2.38. The Kier molecular flexibility index (Phi) is 4.29.